The minimum Gasteiger partial charge on any atom is -0.494 e. The highest BCUT2D eigenvalue weighted by molar-refractivity contribution is 6.32. The number of rotatable bonds is 9. The molecule has 3 aromatic carbocycles. The van der Waals surface area contributed by atoms with Gasteiger partial charge in [-0.25, -0.2) is 15.0 Å². The van der Waals surface area contributed by atoms with Crippen molar-refractivity contribution in [3.63, 3.8) is 0 Å². The molecule has 0 aliphatic rings. The zero-order valence-electron chi connectivity index (χ0n) is 20.4. The monoisotopic (exact) mass is 502 g/mol. The first-order chi connectivity index (χ1) is 17.5. The van der Waals surface area contributed by atoms with Gasteiger partial charge in [-0.3, -0.25) is 0 Å². The molecule has 0 unspecified atom stereocenters. The molecule has 184 valence electrons. The van der Waals surface area contributed by atoms with Gasteiger partial charge in [-0.15, -0.1) is 0 Å². The van der Waals surface area contributed by atoms with Crippen LogP contribution in [-0.2, 0) is 7.05 Å². The van der Waals surface area contributed by atoms with Crippen molar-refractivity contribution >= 4 is 45.0 Å². The third kappa shape index (κ3) is 5.35. The Hall–Kier alpha value is -3.88. The number of imidazole rings is 1. The average molecular weight is 503 g/mol. The number of aromatic nitrogens is 4. The van der Waals surface area contributed by atoms with Crippen LogP contribution in [0.15, 0.2) is 67.3 Å². The summed E-state index contributed by atoms with van der Waals surface area (Å²) in [6.07, 6.45) is 4.26. The lowest BCUT2D eigenvalue weighted by atomic mass is 10.2. The van der Waals surface area contributed by atoms with Crippen LogP contribution in [0, 0.1) is 0 Å². The Morgan fingerprint density at radius 2 is 1.81 bits per heavy atom. The van der Waals surface area contributed by atoms with E-state index in [1.165, 1.54) is 6.33 Å². The summed E-state index contributed by atoms with van der Waals surface area (Å²) in [6, 6.07) is 17.1. The molecule has 0 aliphatic heterocycles. The maximum Gasteiger partial charge on any atom is 0.146 e. The summed E-state index contributed by atoms with van der Waals surface area (Å²) in [7, 11) is 6.06. The minimum atomic E-state index is 0.476. The fourth-order valence-electron chi connectivity index (χ4n) is 3.90. The molecule has 2 heterocycles. The van der Waals surface area contributed by atoms with Crippen LogP contribution < -0.4 is 14.8 Å². The van der Waals surface area contributed by atoms with Gasteiger partial charge in [-0.2, -0.15) is 0 Å². The van der Waals surface area contributed by atoms with Gasteiger partial charge in [-0.05, 0) is 69.0 Å². The van der Waals surface area contributed by atoms with E-state index in [1.807, 2.05) is 66.2 Å². The van der Waals surface area contributed by atoms with E-state index in [2.05, 4.69) is 39.3 Å². The van der Waals surface area contributed by atoms with Crippen LogP contribution in [-0.4, -0.2) is 51.7 Å². The molecular formula is C27H27ClN6O2. The molecule has 0 atom stereocenters. The van der Waals surface area contributed by atoms with Crippen molar-refractivity contribution in [1.29, 1.82) is 0 Å². The maximum atomic E-state index is 6.56. The minimum absolute atomic E-state index is 0.476. The van der Waals surface area contributed by atoms with Crippen LogP contribution in [0.4, 0.5) is 11.5 Å². The van der Waals surface area contributed by atoms with Crippen molar-refractivity contribution in [3.8, 4) is 17.2 Å². The summed E-state index contributed by atoms with van der Waals surface area (Å²) < 4.78 is 13.9. The van der Waals surface area contributed by atoms with E-state index in [0.717, 1.165) is 46.3 Å². The molecule has 0 aliphatic carbocycles. The summed E-state index contributed by atoms with van der Waals surface area (Å²) in [5.41, 5.74) is 3.50. The van der Waals surface area contributed by atoms with Crippen molar-refractivity contribution in [2.24, 2.45) is 7.05 Å². The zero-order chi connectivity index (χ0) is 25.1. The largest absolute Gasteiger partial charge is 0.494 e. The normalized spacial score (nSPS) is 11.4. The third-order valence-corrected chi connectivity index (χ3v) is 6.04. The smallest absolute Gasteiger partial charge is 0.146 e. The number of anilines is 2. The molecule has 0 spiro atoms. The number of ether oxygens (including phenoxy) is 2. The standard InChI is InChI=1S/C27H27ClN6O2/c1-33(2)11-4-12-35-19-6-8-23-21(14-19)27(30-16-29-23)32-18-5-10-26(22(28)13-18)36-20-7-9-25-24(15-20)31-17-34(25)3/h5-10,13-17H,4,11-12H2,1-3H3,(H,29,30,32). The number of hydrogen-bond acceptors (Lipinski definition) is 7. The Bertz CT molecular complexity index is 1520. The van der Waals surface area contributed by atoms with E-state index in [-0.39, 0.29) is 0 Å². The predicted molar refractivity (Wildman–Crippen MR) is 144 cm³/mol. The molecule has 5 rings (SSSR count). The van der Waals surface area contributed by atoms with Gasteiger partial charge in [-0.1, -0.05) is 11.6 Å². The van der Waals surface area contributed by atoms with Crippen molar-refractivity contribution in [2.45, 2.75) is 6.42 Å². The third-order valence-electron chi connectivity index (χ3n) is 5.74. The second kappa shape index (κ2) is 10.4. The lowest BCUT2D eigenvalue weighted by Crippen LogP contribution is -2.15. The van der Waals surface area contributed by atoms with Gasteiger partial charge >= 0.3 is 0 Å². The van der Waals surface area contributed by atoms with Crippen molar-refractivity contribution < 1.29 is 9.47 Å². The maximum absolute atomic E-state index is 6.56. The Kier molecular flexibility index (Phi) is 6.88. The molecule has 0 fully saturated rings. The summed E-state index contributed by atoms with van der Waals surface area (Å²) in [5.74, 6) is 2.68. The number of aryl methyl sites for hydroxylation is 1. The van der Waals surface area contributed by atoms with E-state index in [1.54, 1.807) is 6.33 Å². The molecule has 8 nitrogen and oxygen atoms in total. The molecule has 0 amide bonds. The summed E-state index contributed by atoms with van der Waals surface area (Å²) in [5, 5.41) is 4.69. The fraction of sp³-hybridized carbons (Fsp3) is 0.222. The van der Waals surface area contributed by atoms with E-state index in [4.69, 9.17) is 21.1 Å². The summed E-state index contributed by atoms with van der Waals surface area (Å²) in [4.78, 5) is 15.3. The van der Waals surface area contributed by atoms with Crippen LogP contribution >= 0.6 is 11.6 Å². The van der Waals surface area contributed by atoms with Crippen LogP contribution in [0.3, 0.4) is 0 Å². The fourth-order valence-corrected chi connectivity index (χ4v) is 4.12. The van der Waals surface area contributed by atoms with Crippen molar-refractivity contribution in [3.05, 3.63) is 72.3 Å². The molecule has 0 saturated carbocycles. The van der Waals surface area contributed by atoms with Crippen LogP contribution in [0.25, 0.3) is 21.9 Å². The first-order valence-corrected chi connectivity index (χ1v) is 12.0. The van der Waals surface area contributed by atoms with Gasteiger partial charge in [0, 0.05) is 30.7 Å². The van der Waals surface area contributed by atoms with Crippen LogP contribution in [0.1, 0.15) is 6.42 Å². The summed E-state index contributed by atoms with van der Waals surface area (Å²) in [6.45, 7) is 1.62. The zero-order valence-corrected chi connectivity index (χ0v) is 21.2. The molecule has 36 heavy (non-hydrogen) atoms. The van der Waals surface area contributed by atoms with E-state index < -0.39 is 0 Å². The Morgan fingerprint density at radius 1 is 0.944 bits per heavy atom. The van der Waals surface area contributed by atoms with E-state index in [0.29, 0.717) is 28.9 Å². The van der Waals surface area contributed by atoms with E-state index in [9.17, 15) is 0 Å². The quantitative estimate of drug-likeness (QED) is 0.246. The van der Waals surface area contributed by atoms with Crippen molar-refractivity contribution in [1.82, 2.24) is 24.4 Å². The molecule has 0 bridgehead atoms. The second-order valence-electron chi connectivity index (χ2n) is 8.78. The SMILES string of the molecule is CN(C)CCCOc1ccc2ncnc(Nc3ccc(Oc4ccc5c(c4)ncn5C)c(Cl)c3)c2c1. The number of nitrogens with one attached hydrogen (secondary N) is 1. The Morgan fingerprint density at radius 3 is 2.64 bits per heavy atom. The number of fused-ring (bicyclic) bond motifs is 2. The molecule has 0 radical (unpaired) electrons. The predicted octanol–water partition coefficient (Wildman–Crippen LogP) is 6.04. The van der Waals surface area contributed by atoms with Crippen LogP contribution in [0.5, 0.6) is 17.2 Å². The average Bonchev–Trinajstić information content (AvgIpc) is 3.23. The molecule has 5 aromatic rings. The lowest BCUT2D eigenvalue weighted by molar-refractivity contribution is 0.282. The first-order valence-electron chi connectivity index (χ1n) is 11.6. The van der Waals surface area contributed by atoms with Crippen LogP contribution in [0.2, 0.25) is 5.02 Å². The number of benzene rings is 3. The number of nitrogens with zero attached hydrogens (tertiary/aromatic N) is 5. The number of hydrogen-bond donors (Lipinski definition) is 1. The highest BCUT2D eigenvalue weighted by Gasteiger charge is 2.10. The molecule has 9 heteroatoms. The Balaban J connectivity index is 1.32. The second-order valence-corrected chi connectivity index (χ2v) is 9.19. The van der Waals surface area contributed by atoms with Gasteiger partial charge in [0.25, 0.3) is 0 Å². The van der Waals surface area contributed by atoms with Gasteiger partial charge in [0.2, 0.25) is 0 Å². The lowest BCUT2D eigenvalue weighted by Gasteiger charge is -2.13. The van der Waals surface area contributed by atoms with Gasteiger partial charge < -0.3 is 24.3 Å². The molecular weight excluding hydrogens is 476 g/mol. The highest BCUT2D eigenvalue weighted by Crippen LogP contribution is 2.34. The van der Waals surface area contributed by atoms with Gasteiger partial charge in [0.15, 0.2) is 0 Å². The summed E-state index contributed by atoms with van der Waals surface area (Å²) >= 11 is 6.56. The van der Waals surface area contributed by atoms with Crippen molar-refractivity contribution in [2.75, 3.05) is 32.6 Å². The van der Waals surface area contributed by atoms with E-state index >= 15 is 0 Å². The topological polar surface area (TPSA) is 77.3 Å². The highest BCUT2D eigenvalue weighted by atomic mass is 35.5. The molecule has 1 N–H and O–H groups in total. The first kappa shape index (κ1) is 23.8. The Labute approximate surface area is 214 Å². The van der Waals surface area contributed by atoms with Gasteiger partial charge in [0.1, 0.15) is 29.4 Å². The number of halogens is 1. The molecule has 2 aromatic heterocycles. The van der Waals surface area contributed by atoms with Gasteiger partial charge in [0.05, 0.1) is 34.5 Å². The molecule has 0 saturated heterocycles.